The predicted octanol–water partition coefficient (Wildman–Crippen LogP) is 3.42. The standard InChI is InChI=1S/C23H30N2O3/c1-16(2)13-25-15-20(18-8-3-4-9-19(18)21(25)26)22(27)24-12-11-23(28)10-6-5-7-17(23)14-24/h3-4,8-9,15-17,28H,5-7,10-14H2,1-2H3/t17-,23+/m0/s1. The second kappa shape index (κ2) is 7.36. The van der Waals surface area contributed by atoms with E-state index < -0.39 is 5.60 Å². The topological polar surface area (TPSA) is 62.5 Å². The summed E-state index contributed by atoms with van der Waals surface area (Å²) in [5, 5.41) is 12.3. The smallest absolute Gasteiger partial charge is 0.258 e. The Morgan fingerprint density at radius 1 is 1.21 bits per heavy atom. The number of fused-ring (bicyclic) bond motifs is 2. The van der Waals surface area contributed by atoms with Crippen molar-refractivity contribution in [2.24, 2.45) is 11.8 Å². The van der Waals surface area contributed by atoms with Crippen LogP contribution in [0.3, 0.4) is 0 Å². The first kappa shape index (κ1) is 19.2. The van der Waals surface area contributed by atoms with Crippen LogP contribution >= 0.6 is 0 Å². The highest BCUT2D eigenvalue weighted by Crippen LogP contribution is 2.40. The fourth-order valence-corrected chi connectivity index (χ4v) is 4.97. The zero-order chi connectivity index (χ0) is 19.9. The van der Waals surface area contributed by atoms with Crippen LogP contribution in [-0.2, 0) is 6.54 Å². The van der Waals surface area contributed by atoms with Crippen molar-refractivity contribution < 1.29 is 9.90 Å². The van der Waals surface area contributed by atoms with Crippen LogP contribution in [0.25, 0.3) is 10.8 Å². The average Bonchev–Trinajstić information content (AvgIpc) is 2.68. The minimum atomic E-state index is -0.604. The van der Waals surface area contributed by atoms with E-state index in [4.69, 9.17) is 0 Å². The molecule has 2 aromatic rings. The largest absolute Gasteiger partial charge is 0.389 e. The Kier molecular flexibility index (Phi) is 5.04. The second-order valence-corrected chi connectivity index (χ2v) is 8.99. The molecule has 2 aliphatic rings. The van der Waals surface area contributed by atoms with Gasteiger partial charge in [0.1, 0.15) is 0 Å². The van der Waals surface area contributed by atoms with E-state index in [0.29, 0.717) is 42.9 Å². The molecule has 0 bridgehead atoms. The van der Waals surface area contributed by atoms with Gasteiger partial charge in [0.25, 0.3) is 11.5 Å². The molecular weight excluding hydrogens is 352 g/mol. The fraction of sp³-hybridized carbons (Fsp3) is 0.565. The third kappa shape index (κ3) is 3.37. The minimum Gasteiger partial charge on any atom is -0.389 e. The number of aromatic nitrogens is 1. The van der Waals surface area contributed by atoms with E-state index in [2.05, 4.69) is 13.8 Å². The summed E-state index contributed by atoms with van der Waals surface area (Å²) in [6, 6.07) is 7.40. The van der Waals surface area contributed by atoms with Crippen LogP contribution in [0, 0.1) is 11.8 Å². The quantitative estimate of drug-likeness (QED) is 0.885. The molecule has 150 valence electrons. The number of likely N-dealkylation sites (tertiary alicyclic amines) is 1. The Morgan fingerprint density at radius 2 is 1.96 bits per heavy atom. The summed E-state index contributed by atoms with van der Waals surface area (Å²) in [6.07, 6.45) is 6.42. The number of amides is 1. The van der Waals surface area contributed by atoms with Gasteiger partial charge in [-0.05, 0) is 31.2 Å². The van der Waals surface area contributed by atoms with E-state index in [-0.39, 0.29) is 17.4 Å². The molecule has 28 heavy (non-hydrogen) atoms. The third-order valence-corrected chi connectivity index (χ3v) is 6.50. The van der Waals surface area contributed by atoms with E-state index in [9.17, 15) is 14.7 Å². The summed E-state index contributed by atoms with van der Waals surface area (Å²) in [6.45, 7) is 5.90. The summed E-state index contributed by atoms with van der Waals surface area (Å²) < 4.78 is 1.68. The van der Waals surface area contributed by atoms with Crippen molar-refractivity contribution in [2.45, 2.75) is 58.1 Å². The van der Waals surface area contributed by atoms with Gasteiger partial charge in [-0.15, -0.1) is 0 Å². The normalized spacial score (nSPS) is 25.1. The van der Waals surface area contributed by atoms with E-state index in [1.807, 2.05) is 23.1 Å². The summed E-state index contributed by atoms with van der Waals surface area (Å²) in [7, 11) is 0. The molecule has 1 saturated heterocycles. The lowest BCUT2D eigenvalue weighted by molar-refractivity contribution is -0.0886. The number of carbonyl (C=O) groups is 1. The van der Waals surface area contributed by atoms with Crippen molar-refractivity contribution in [1.29, 1.82) is 0 Å². The maximum absolute atomic E-state index is 13.5. The number of aliphatic hydroxyl groups is 1. The number of pyridine rings is 1. The van der Waals surface area contributed by atoms with Gasteiger partial charge in [-0.2, -0.15) is 0 Å². The minimum absolute atomic E-state index is 0.0265. The van der Waals surface area contributed by atoms with Crippen LogP contribution in [0.5, 0.6) is 0 Å². The Hall–Kier alpha value is -2.14. The molecule has 5 nitrogen and oxygen atoms in total. The second-order valence-electron chi connectivity index (χ2n) is 8.99. The number of carbonyl (C=O) groups excluding carboxylic acids is 1. The molecule has 1 aliphatic carbocycles. The summed E-state index contributed by atoms with van der Waals surface area (Å²) in [5.74, 6) is 0.446. The van der Waals surface area contributed by atoms with Crippen molar-refractivity contribution >= 4 is 16.7 Å². The zero-order valence-corrected chi connectivity index (χ0v) is 16.9. The van der Waals surface area contributed by atoms with E-state index in [1.165, 1.54) is 0 Å². The molecule has 0 unspecified atom stereocenters. The number of nitrogens with zero attached hydrogens (tertiary/aromatic N) is 2. The Morgan fingerprint density at radius 3 is 2.71 bits per heavy atom. The molecule has 1 amide bonds. The molecule has 0 radical (unpaired) electrons. The Bertz CT molecular complexity index is 949. The number of benzene rings is 1. The van der Waals surface area contributed by atoms with Crippen LogP contribution in [0.15, 0.2) is 35.3 Å². The maximum Gasteiger partial charge on any atom is 0.258 e. The fourth-order valence-electron chi connectivity index (χ4n) is 4.97. The number of hydrogen-bond donors (Lipinski definition) is 1. The molecule has 2 fully saturated rings. The van der Waals surface area contributed by atoms with Gasteiger partial charge in [-0.1, -0.05) is 44.9 Å². The number of rotatable bonds is 3. The predicted molar refractivity (Wildman–Crippen MR) is 110 cm³/mol. The number of piperidine rings is 1. The summed E-state index contributed by atoms with van der Waals surface area (Å²) >= 11 is 0. The summed E-state index contributed by atoms with van der Waals surface area (Å²) in [4.78, 5) is 28.2. The Labute approximate surface area is 166 Å². The maximum atomic E-state index is 13.5. The highest BCUT2D eigenvalue weighted by molar-refractivity contribution is 6.06. The molecule has 1 aromatic carbocycles. The molecule has 1 aromatic heterocycles. The molecule has 0 spiro atoms. The lowest BCUT2D eigenvalue weighted by atomic mass is 9.71. The van der Waals surface area contributed by atoms with Crippen LogP contribution in [0.2, 0.25) is 0 Å². The van der Waals surface area contributed by atoms with Gasteiger partial charge in [-0.3, -0.25) is 9.59 Å². The molecule has 1 aliphatic heterocycles. The first-order valence-electron chi connectivity index (χ1n) is 10.5. The van der Waals surface area contributed by atoms with Crippen molar-refractivity contribution in [3.8, 4) is 0 Å². The van der Waals surface area contributed by atoms with Gasteiger partial charge in [0.15, 0.2) is 0 Å². The first-order chi connectivity index (χ1) is 13.4. The van der Waals surface area contributed by atoms with Gasteiger partial charge in [-0.25, -0.2) is 0 Å². The molecule has 4 rings (SSSR count). The highest BCUT2D eigenvalue weighted by Gasteiger charge is 2.44. The van der Waals surface area contributed by atoms with Gasteiger partial charge < -0.3 is 14.6 Å². The monoisotopic (exact) mass is 382 g/mol. The molecule has 2 heterocycles. The molecule has 1 saturated carbocycles. The van der Waals surface area contributed by atoms with Gasteiger partial charge in [0, 0.05) is 42.5 Å². The third-order valence-electron chi connectivity index (χ3n) is 6.50. The highest BCUT2D eigenvalue weighted by atomic mass is 16.3. The molecule has 1 N–H and O–H groups in total. The molecule has 2 atom stereocenters. The van der Waals surface area contributed by atoms with Crippen molar-refractivity contribution in [3.05, 3.63) is 46.4 Å². The lowest BCUT2D eigenvalue weighted by Gasteiger charge is -2.47. The van der Waals surface area contributed by atoms with Gasteiger partial charge >= 0.3 is 0 Å². The van der Waals surface area contributed by atoms with E-state index in [1.54, 1.807) is 16.8 Å². The van der Waals surface area contributed by atoms with E-state index in [0.717, 1.165) is 31.1 Å². The molecular formula is C23H30N2O3. The van der Waals surface area contributed by atoms with Gasteiger partial charge in [0.05, 0.1) is 11.2 Å². The Balaban J connectivity index is 1.71. The van der Waals surface area contributed by atoms with Crippen molar-refractivity contribution in [2.75, 3.05) is 13.1 Å². The average molecular weight is 383 g/mol. The van der Waals surface area contributed by atoms with Crippen LogP contribution < -0.4 is 5.56 Å². The SMILES string of the molecule is CC(C)Cn1cc(C(=O)N2CC[C@]3(O)CCCC[C@H]3C2)c2ccccc2c1=O. The van der Waals surface area contributed by atoms with E-state index >= 15 is 0 Å². The van der Waals surface area contributed by atoms with Crippen LogP contribution in [0.1, 0.15) is 56.3 Å². The first-order valence-corrected chi connectivity index (χ1v) is 10.5. The molecule has 5 heteroatoms. The van der Waals surface area contributed by atoms with Crippen LogP contribution in [0.4, 0.5) is 0 Å². The van der Waals surface area contributed by atoms with Gasteiger partial charge in [0.2, 0.25) is 0 Å². The van der Waals surface area contributed by atoms with Crippen LogP contribution in [-0.4, -0.2) is 39.2 Å². The lowest BCUT2D eigenvalue weighted by Crippen LogP contribution is -2.54. The number of hydrogen-bond acceptors (Lipinski definition) is 3. The summed E-state index contributed by atoms with van der Waals surface area (Å²) in [5.41, 5.74) is -0.0497. The zero-order valence-electron chi connectivity index (χ0n) is 16.9. The van der Waals surface area contributed by atoms with Crippen molar-refractivity contribution in [3.63, 3.8) is 0 Å². The van der Waals surface area contributed by atoms with Crippen molar-refractivity contribution in [1.82, 2.24) is 9.47 Å².